The fraction of sp³-hybridized carbons (Fsp3) is 0.636. The summed E-state index contributed by atoms with van der Waals surface area (Å²) in [6, 6.07) is 0.0278. The Morgan fingerprint density at radius 3 is 2.88 bits per heavy atom. The third-order valence-corrected chi connectivity index (χ3v) is 3.07. The maximum absolute atomic E-state index is 11.8. The molecule has 6 heteroatoms. The summed E-state index contributed by atoms with van der Waals surface area (Å²) >= 11 is 1.42. The summed E-state index contributed by atoms with van der Waals surface area (Å²) in [5.74, 6) is -0.160. The fourth-order valence-electron chi connectivity index (χ4n) is 1.33. The van der Waals surface area contributed by atoms with Gasteiger partial charge < -0.3 is 14.8 Å². The number of ether oxygens (including phenoxy) is 2. The molecule has 0 aliphatic rings. The van der Waals surface area contributed by atoms with Gasteiger partial charge in [-0.2, -0.15) is 0 Å². The van der Waals surface area contributed by atoms with Crippen molar-refractivity contribution in [3.63, 3.8) is 0 Å². The minimum Gasteiger partial charge on any atom is -0.383 e. The van der Waals surface area contributed by atoms with Crippen LogP contribution in [0.3, 0.4) is 0 Å². The lowest BCUT2D eigenvalue weighted by atomic mass is 10.2. The Kier molecular flexibility index (Phi) is 6.10. The molecule has 1 amide bonds. The fourth-order valence-corrected chi connectivity index (χ4v) is 2.07. The molecule has 0 aliphatic heterocycles. The predicted molar refractivity (Wildman–Crippen MR) is 66.2 cm³/mol. The summed E-state index contributed by atoms with van der Waals surface area (Å²) in [6.45, 7) is 2.95. The van der Waals surface area contributed by atoms with E-state index >= 15 is 0 Å². The minimum atomic E-state index is -0.160. The number of amides is 1. The molecule has 0 aromatic carbocycles. The number of nitrogens with one attached hydrogen (secondary N) is 1. The van der Waals surface area contributed by atoms with Gasteiger partial charge in [0.05, 0.1) is 19.3 Å². The Labute approximate surface area is 105 Å². The van der Waals surface area contributed by atoms with Crippen LogP contribution in [0, 0.1) is 0 Å². The molecule has 5 nitrogen and oxygen atoms in total. The predicted octanol–water partition coefficient (Wildman–Crippen LogP) is 1.44. The van der Waals surface area contributed by atoms with Crippen molar-refractivity contribution in [3.05, 3.63) is 16.1 Å². The Bertz CT molecular complexity index is 354. The largest absolute Gasteiger partial charge is 0.383 e. The van der Waals surface area contributed by atoms with Crippen LogP contribution in [0.15, 0.2) is 5.38 Å². The van der Waals surface area contributed by atoms with E-state index in [4.69, 9.17) is 9.47 Å². The molecule has 1 atom stereocenters. The smallest absolute Gasteiger partial charge is 0.271 e. The van der Waals surface area contributed by atoms with E-state index in [-0.39, 0.29) is 11.9 Å². The molecule has 1 rings (SSSR count). The van der Waals surface area contributed by atoms with Gasteiger partial charge in [-0.25, -0.2) is 4.98 Å². The van der Waals surface area contributed by atoms with E-state index in [1.54, 1.807) is 19.6 Å². The molecule has 0 spiro atoms. The van der Waals surface area contributed by atoms with Crippen molar-refractivity contribution in [2.75, 3.05) is 20.8 Å². The summed E-state index contributed by atoms with van der Waals surface area (Å²) in [4.78, 5) is 16.0. The zero-order chi connectivity index (χ0) is 12.7. The van der Waals surface area contributed by atoms with Crippen LogP contribution in [0.5, 0.6) is 0 Å². The normalized spacial score (nSPS) is 12.4. The highest BCUT2D eigenvalue weighted by Gasteiger charge is 2.14. The van der Waals surface area contributed by atoms with Crippen molar-refractivity contribution in [1.29, 1.82) is 0 Å². The monoisotopic (exact) mass is 258 g/mol. The number of hydrogen-bond acceptors (Lipinski definition) is 5. The zero-order valence-corrected chi connectivity index (χ0v) is 11.2. The van der Waals surface area contributed by atoms with Gasteiger partial charge >= 0.3 is 0 Å². The van der Waals surface area contributed by atoms with E-state index in [1.165, 1.54) is 11.3 Å². The maximum Gasteiger partial charge on any atom is 0.271 e. The molecule has 0 fully saturated rings. The molecule has 17 heavy (non-hydrogen) atoms. The number of rotatable bonds is 7. The molecule has 1 N–H and O–H groups in total. The lowest BCUT2D eigenvalue weighted by Crippen LogP contribution is -2.37. The quantitative estimate of drug-likeness (QED) is 0.804. The first kappa shape index (κ1) is 14.1. The second-order valence-electron chi connectivity index (χ2n) is 3.59. The molecular weight excluding hydrogens is 240 g/mol. The number of nitrogens with zero attached hydrogens (tertiary/aromatic N) is 1. The van der Waals surface area contributed by atoms with Crippen LogP contribution >= 0.6 is 11.3 Å². The molecule has 0 bridgehead atoms. The van der Waals surface area contributed by atoms with Gasteiger partial charge in [-0.15, -0.1) is 11.3 Å². The lowest BCUT2D eigenvalue weighted by molar-refractivity contribution is 0.0889. The lowest BCUT2D eigenvalue weighted by Gasteiger charge is -2.14. The van der Waals surface area contributed by atoms with Gasteiger partial charge in [0.15, 0.2) is 0 Å². The number of aromatic nitrogens is 1. The van der Waals surface area contributed by atoms with Crippen LogP contribution in [0.1, 0.15) is 28.8 Å². The zero-order valence-electron chi connectivity index (χ0n) is 10.4. The second-order valence-corrected chi connectivity index (χ2v) is 4.54. The molecule has 1 aromatic heterocycles. The van der Waals surface area contributed by atoms with E-state index in [1.807, 2.05) is 6.92 Å². The molecule has 0 aliphatic carbocycles. The summed E-state index contributed by atoms with van der Waals surface area (Å²) < 4.78 is 9.98. The van der Waals surface area contributed by atoms with Crippen LogP contribution in [0.4, 0.5) is 0 Å². The molecule has 1 heterocycles. The second kappa shape index (κ2) is 7.37. The molecule has 0 saturated heterocycles. The highest BCUT2D eigenvalue weighted by atomic mass is 32.1. The van der Waals surface area contributed by atoms with Crippen LogP contribution in [-0.2, 0) is 16.1 Å². The van der Waals surface area contributed by atoms with Gasteiger partial charge in [-0.05, 0) is 6.42 Å². The van der Waals surface area contributed by atoms with Gasteiger partial charge in [0.1, 0.15) is 10.7 Å². The Balaban J connectivity index is 2.55. The summed E-state index contributed by atoms with van der Waals surface area (Å²) in [5, 5.41) is 5.42. The highest BCUT2D eigenvalue weighted by molar-refractivity contribution is 7.09. The van der Waals surface area contributed by atoms with Crippen molar-refractivity contribution in [2.45, 2.75) is 26.0 Å². The number of thiazole rings is 1. The van der Waals surface area contributed by atoms with Gasteiger partial charge in [0.25, 0.3) is 5.91 Å². The van der Waals surface area contributed by atoms with E-state index in [2.05, 4.69) is 10.3 Å². The topological polar surface area (TPSA) is 60.5 Å². The molecular formula is C11H18N2O3S. The third kappa shape index (κ3) is 4.41. The Hall–Kier alpha value is -0.980. The SMILES string of the molecule is CCC(COC)NC(=O)c1csc(COC)n1. The first-order valence-electron chi connectivity index (χ1n) is 5.44. The minimum absolute atomic E-state index is 0.0278. The van der Waals surface area contributed by atoms with E-state index in [0.717, 1.165) is 11.4 Å². The average molecular weight is 258 g/mol. The Morgan fingerprint density at radius 1 is 1.53 bits per heavy atom. The van der Waals surface area contributed by atoms with Gasteiger partial charge in [-0.3, -0.25) is 4.79 Å². The molecule has 1 aromatic rings. The van der Waals surface area contributed by atoms with Crippen LogP contribution in [-0.4, -0.2) is 37.8 Å². The standard InChI is InChI=1S/C11H18N2O3S/c1-4-8(5-15-2)12-11(14)9-7-17-10(13-9)6-16-3/h7-8H,4-6H2,1-3H3,(H,12,14). The summed E-state index contributed by atoms with van der Waals surface area (Å²) in [7, 11) is 3.22. The number of methoxy groups -OCH3 is 2. The van der Waals surface area contributed by atoms with Crippen molar-refractivity contribution in [3.8, 4) is 0 Å². The van der Waals surface area contributed by atoms with E-state index in [9.17, 15) is 4.79 Å². The van der Waals surface area contributed by atoms with Gasteiger partial charge in [-0.1, -0.05) is 6.92 Å². The van der Waals surface area contributed by atoms with E-state index in [0.29, 0.717) is 18.9 Å². The van der Waals surface area contributed by atoms with Crippen LogP contribution < -0.4 is 5.32 Å². The van der Waals surface area contributed by atoms with Crippen molar-refractivity contribution in [2.24, 2.45) is 0 Å². The molecule has 96 valence electrons. The van der Waals surface area contributed by atoms with Crippen molar-refractivity contribution >= 4 is 17.2 Å². The van der Waals surface area contributed by atoms with Crippen molar-refractivity contribution in [1.82, 2.24) is 10.3 Å². The first-order valence-corrected chi connectivity index (χ1v) is 6.32. The first-order chi connectivity index (χ1) is 8.21. The van der Waals surface area contributed by atoms with Crippen LogP contribution in [0.2, 0.25) is 0 Å². The van der Waals surface area contributed by atoms with Gasteiger partial charge in [0, 0.05) is 19.6 Å². The Morgan fingerprint density at radius 2 is 2.29 bits per heavy atom. The van der Waals surface area contributed by atoms with Crippen molar-refractivity contribution < 1.29 is 14.3 Å². The number of carbonyl (C=O) groups is 1. The molecule has 0 saturated carbocycles. The van der Waals surface area contributed by atoms with E-state index < -0.39 is 0 Å². The maximum atomic E-state index is 11.8. The van der Waals surface area contributed by atoms with Crippen LogP contribution in [0.25, 0.3) is 0 Å². The molecule has 1 unspecified atom stereocenters. The summed E-state index contributed by atoms with van der Waals surface area (Å²) in [5.41, 5.74) is 0.441. The molecule has 0 radical (unpaired) electrons. The number of carbonyl (C=O) groups excluding carboxylic acids is 1. The summed E-state index contributed by atoms with van der Waals surface area (Å²) in [6.07, 6.45) is 0.828. The third-order valence-electron chi connectivity index (χ3n) is 2.25. The number of hydrogen-bond donors (Lipinski definition) is 1. The van der Waals surface area contributed by atoms with Gasteiger partial charge in [0.2, 0.25) is 0 Å². The average Bonchev–Trinajstić information content (AvgIpc) is 2.77. The highest BCUT2D eigenvalue weighted by Crippen LogP contribution is 2.10.